The molecule has 3 heterocycles. The summed E-state index contributed by atoms with van der Waals surface area (Å²) in [6, 6.07) is 11.7. The van der Waals surface area contributed by atoms with Crippen LogP contribution in [-0.4, -0.2) is 71.9 Å². The molecule has 1 fully saturated rings. The Bertz CT molecular complexity index is 1160. The summed E-state index contributed by atoms with van der Waals surface area (Å²) < 4.78 is 17.3. The standard InChI is InChI=1S/C27H32N4O5/c1-3-10-30(19-26(32)33)18-21-5-4-6-23(16-21)35-13-9-24-20(2)36-27(29-24)22-7-8-25(28-17-22)31-11-14-34-15-12-31/h3-8,16-17H,1,9-15,18-19H2,2H3,(H,32,33). The zero-order valence-corrected chi connectivity index (χ0v) is 20.6. The number of aromatic nitrogens is 2. The van der Waals surface area contributed by atoms with Gasteiger partial charge in [0.15, 0.2) is 0 Å². The number of rotatable bonds is 12. The van der Waals surface area contributed by atoms with E-state index in [1.807, 2.05) is 43.3 Å². The van der Waals surface area contributed by atoms with Crippen LogP contribution in [-0.2, 0) is 22.5 Å². The molecule has 1 aliphatic rings. The van der Waals surface area contributed by atoms with E-state index >= 15 is 0 Å². The summed E-state index contributed by atoms with van der Waals surface area (Å²) in [5, 5.41) is 9.11. The maximum absolute atomic E-state index is 11.1. The molecule has 9 heteroatoms. The van der Waals surface area contributed by atoms with Crippen LogP contribution < -0.4 is 9.64 Å². The number of aliphatic carboxylic acids is 1. The summed E-state index contributed by atoms with van der Waals surface area (Å²) in [6.07, 6.45) is 4.09. The van der Waals surface area contributed by atoms with Crippen molar-refractivity contribution in [1.29, 1.82) is 0 Å². The molecule has 3 aromatic rings. The van der Waals surface area contributed by atoms with Gasteiger partial charge in [0.05, 0.1) is 37.6 Å². The smallest absolute Gasteiger partial charge is 0.317 e. The molecule has 0 radical (unpaired) electrons. The van der Waals surface area contributed by atoms with Gasteiger partial charge in [0.2, 0.25) is 5.89 Å². The molecule has 0 atom stereocenters. The molecule has 190 valence electrons. The Kier molecular flexibility index (Phi) is 8.70. The highest BCUT2D eigenvalue weighted by molar-refractivity contribution is 5.69. The largest absolute Gasteiger partial charge is 0.493 e. The average molecular weight is 493 g/mol. The number of aryl methyl sites for hydroxylation is 1. The molecule has 9 nitrogen and oxygen atoms in total. The lowest BCUT2D eigenvalue weighted by Crippen LogP contribution is -2.36. The Labute approximate surface area is 211 Å². The predicted octanol–water partition coefficient (Wildman–Crippen LogP) is 3.58. The molecule has 1 saturated heterocycles. The van der Waals surface area contributed by atoms with E-state index in [0.29, 0.717) is 32.0 Å². The topological polar surface area (TPSA) is 101 Å². The number of carboxylic acids is 1. The molecular formula is C27H32N4O5. The van der Waals surface area contributed by atoms with Crippen molar-refractivity contribution in [2.45, 2.75) is 19.9 Å². The Morgan fingerprint density at radius 1 is 1.28 bits per heavy atom. The second kappa shape index (κ2) is 12.3. The maximum atomic E-state index is 11.1. The van der Waals surface area contributed by atoms with E-state index in [4.69, 9.17) is 19.0 Å². The number of morpholine rings is 1. The first kappa shape index (κ1) is 25.4. The van der Waals surface area contributed by atoms with E-state index in [0.717, 1.165) is 60.5 Å². The number of oxazole rings is 1. The molecule has 0 unspecified atom stereocenters. The van der Waals surface area contributed by atoms with Crippen molar-refractivity contribution in [1.82, 2.24) is 14.9 Å². The molecule has 1 aliphatic heterocycles. The van der Waals surface area contributed by atoms with Gasteiger partial charge in [0, 0.05) is 38.8 Å². The number of benzene rings is 1. The van der Waals surface area contributed by atoms with E-state index in [2.05, 4.69) is 21.4 Å². The van der Waals surface area contributed by atoms with Crippen LogP contribution in [0, 0.1) is 6.92 Å². The minimum atomic E-state index is -0.865. The monoisotopic (exact) mass is 492 g/mol. The highest BCUT2D eigenvalue weighted by Gasteiger charge is 2.15. The average Bonchev–Trinajstić information content (AvgIpc) is 3.25. The van der Waals surface area contributed by atoms with Gasteiger partial charge >= 0.3 is 5.97 Å². The fourth-order valence-electron chi connectivity index (χ4n) is 4.09. The number of anilines is 1. The molecule has 0 aliphatic carbocycles. The van der Waals surface area contributed by atoms with Crippen molar-refractivity contribution in [3.8, 4) is 17.2 Å². The number of ether oxygens (including phenoxy) is 2. The van der Waals surface area contributed by atoms with Gasteiger partial charge < -0.3 is 23.9 Å². The molecule has 0 bridgehead atoms. The van der Waals surface area contributed by atoms with Crippen molar-refractivity contribution in [2.75, 3.05) is 50.9 Å². The van der Waals surface area contributed by atoms with E-state index < -0.39 is 5.97 Å². The second-order valence-electron chi connectivity index (χ2n) is 8.62. The molecule has 2 aromatic heterocycles. The Balaban J connectivity index is 1.33. The number of hydrogen-bond acceptors (Lipinski definition) is 8. The lowest BCUT2D eigenvalue weighted by Gasteiger charge is -2.27. The third kappa shape index (κ3) is 6.93. The van der Waals surface area contributed by atoms with E-state index in [9.17, 15) is 4.79 Å². The van der Waals surface area contributed by atoms with Crippen molar-refractivity contribution in [3.63, 3.8) is 0 Å². The van der Waals surface area contributed by atoms with Crippen LogP contribution in [0.5, 0.6) is 5.75 Å². The SMILES string of the molecule is C=CCN(CC(=O)O)Cc1cccc(OCCc2nc(-c3ccc(N4CCOCC4)nc3)oc2C)c1. The Hall–Kier alpha value is -3.69. The Morgan fingerprint density at radius 2 is 2.11 bits per heavy atom. The maximum Gasteiger partial charge on any atom is 0.317 e. The minimum Gasteiger partial charge on any atom is -0.493 e. The van der Waals surface area contributed by atoms with Gasteiger partial charge in [-0.1, -0.05) is 18.2 Å². The van der Waals surface area contributed by atoms with Crippen molar-refractivity contribution < 1.29 is 23.8 Å². The molecular weight excluding hydrogens is 460 g/mol. The highest BCUT2D eigenvalue weighted by atomic mass is 16.5. The summed E-state index contributed by atoms with van der Waals surface area (Å²) in [4.78, 5) is 24.3. The fraction of sp³-hybridized carbons (Fsp3) is 0.370. The number of carboxylic acid groups (broad SMARTS) is 1. The number of nitrogens with zero attached hydrogens (tertiary/aromatic N) is 4. The molecule has 0 amide bonds. The van der Waals surface area contributed by atoms with Crippen molar-refractivity contribution in [3.05, 3.63) is 72.3 Å². The van der Waals surface area contributed by atoms with Crippen molar-refractivity contribution in [2.24, 2.45) is 0 Å². The lowest BCUT2D eigenvalue weighted by molar-refractivity contribution is -0.138. The summed E-state index contributed by atoms with van der Waals surface area (Å²) in [5.41, 5.74) is 2.65. The van der Waals surface area contributed by atoms with Crippen LogP contribution >= 0.6 is 0 Å². The number of pyridine rings is 1. The van der Waals surface area contributed by atoms with E-state index in [1.54, 1.807) is 17.2 Å². The first-order valence-corrected chi connectivity index (χ1v) is 12.0. The fourth-order valence-corrected chi connectivity index (χ4v) is 4.09. The van der Waals surface area contributed by atoms with Crippen LogP contribution in [0.2, 0.25) is 0 Å². The minimum absolute atomic E-state index is 0.0453. The third-order valence-electron chi connectivity index (χ3n) is 5.88. The van der Waals surface area contributed by atoms with Crippen LogP contribution in [0.4, 0.5) is 5.82 Å². The van der Waals surface area contributed by atoms with Gasteiger partial charge in [-0.15, -0.1) is 6.58 Å². The summed E-state index contributed by atoms with van der Waals surface area (Å²) in [5.74, 6) is 2.09. The van der Waals surface area contributed by atoms with Crippen LogP contribution in [0.15, 0.2) is 59.7 Å². The molecule has 1 N–H and O–H groups in total. The zero-order valence-electron chi connectivity index (χ0n) is 20.6. The van der Waals surface area contributed by atoms with E-state index in [1.165, 1.54) is 0 Å². The molecule has 0 spiro atoms. The predicted molar refractivity (Wildman–Crippen MR) is 136 cm³/mol. The quantitative estimate of drug-likeness (QED) is 0.380. The molecule has 1 aromatic carbocycles. The first-order valence-electron chi connectivity index (χ1n) is 12.0. The summed E-state index contributed by atoms with van der Waals surface area (Å²) >= 11 is 0. The normalized spacial score (nSPS) is 13.7. The molecule has 36 heavy (non-hydrogen) atoms. The van der Waals surface area contributed by atoms with Crippen LogP contribution in [0.3, 0.4) is 0 Å². The first-order chi connectivity index (χ1) is 17.5. The van der Waals surface area contributed by atoms with Gasteiger partial charge in [-0.05, 0) is 36.8 Å². The summed E-state index contributed by atoms with van der Waals surface area (Å²) in [7, 11) is 0. The highest BCUT2D eigenvalue weighted by Crippen LogP contribution is 2.24. The van der Waals surface area contributed by atoms with Crippen LogP contribution in [0.1, 0.15) is 17.0 Å². The third-order valence-corrected chi connectivity index (χ3v) is 5.88. The second-order valence-corrected chi connectivity index (χ2v) is 8.62. The van der Waals surface area contributed by atoms with Crippen LogP contribution in [0.25, 0.3) is 11.5 Å². The summed E-state index contributed by atoms with van der Waals surface area (Å²) in [6.45, 7) is 10.1. The van der Waals surface area contributed by atoms with Gasteiger partial charge in [-0.25, -0.2) is 9.97 Å². The molecule has 0 saturated carbocycles. The van der Waals surface area contributed by atoms with Gasteiger partial charge in [-0.2, -0.15) is 0 Å². The lowest BCUT2D eigenvalue weighted by atomic mass is 10.2. The van der Waals surface area contributed by atoms with Gasteiger partial charge in [0.25, 0.3) is 0 Å². The van der Waals surface area contributed by atoms with E-state index in [-0.39, 0.29) is 6.54 Å². The number of carbonyl (C=O) groups is 1. The Morgan fingerprint density at radius 3 is 2.83 bits per heavy atom. The van der Waals surface area contributed by atoms with Gasteiger partial charge in [-0.3, -0.25) is 9.69 Å². The van der Waals surface area contributed by atoms with Gasteiger partial charge in [0.1, 0.15) is 17.3 Å². The number of hydrogen-bond donors (Lipinski definition) is 1. The molecule has 4 rings (SSSR count). The zero-order chi connectivity index (χ0) is 25.3. The van der Waals surface area contributed by atoms with Crippen molar-refractivity contribution >= 4 is 11.8 Å².